The first kappa shape index (κ1) is 15.1. The standard InChI is InChI=1S/C16H24N4O3/c1-18-5-4-13(17-18)16(21)20-10-14-15(11-20)23-8-6-19(14)9-12-3-2-7-22-12/h4-5,12,14-15H,2-3,6-11H2,1H3/t12?,14-,15+/m1/s1. The molecule has 1 unspecified atom stereocenters. The average molecular weight is 320 g/mol. The summed E-state index contributed by atoms with van der Waals surface area (Å²) in [4.78, 5) is 16.9. The first-order valence-corrected chi connectivity index (χ1v) is 8.47. The van der Waals surface area contributed by atoms with E-state index in [9.17, 15) is 4.79 Å². The number of fused-ring (bicyclic) bond motifs is 1. The first-order valence-electron chi connectivity index (χ1n) is 8.47. The third-order valence-corrected chi connectivity index (χ3v) is 5.10. The Morgan fingerprint density at radius 1 is 1.35 bits per heavy atom. The molecule has 1 aromatic heterocycles. The number of carbonyl (C=O) groups is 1. The van der Waals surface area contributed by atoms with Crippen molar-refractivity contribution in [2.45, 2.75) is 31.1 Å². The minimum Gasteiger partial charge on any atom is -0.377 e. The second-order valence-electron chi connectivity index (χ2n) is 6.69. The fourth-order valence-electron chi connectivity index (χ4n) is 3.89. The topological polar surface area (TPSA) is 59.8 Å². The SMILES string of the molecule is Cn1ccc(C(=O)N2C[C@@H]3OCCN(CC4CCCO4)[C@@H]3C2)n1. The molecule has 3 saturated heterocycles. The molecule has 3 atom stereocenters. The Balaban J connectivity index is 1.42. The Hall–Kier alpha value is -1.44. The molecule has 126 valence electrons. The van der Waals surface area contributed by atoms with Crippen LogP contribution in [0.5, 0.6) is 0 Å². The number of amides is 1. The van der Waals surface area contributed by atoms with E-state index in [1.54, 1.807) is 16.9 Å². The highest BCUT2D eigenvalue weighted by Crippen LogP contribution is 2.25. The number of rotatable bonds is 3. The van der Waals surface area contributed by atoms with Gasteiger partial charge in [-0.25, -0.2) is 0 Å². The van der Waals surface area contributed by atoms with Crippen molar-refractivity contribution in [3.05, 3.63) is 18.0 Å². The van der Waals surface area contributed by atoms with Crippen molar-refractivity contribution < 1.29 is 14.3 Å². The van der Waals surface area contributed by atoms with Crippen molar-refractivity contribution >= 4 is 5.91 Å². The van der Waals surface area contributed by atoms with Crippen molar-refractivity contribution in [3.8, 4) is 0 Å². The fourth-order valence-corrected chi connectivity index (χ4v) is 3.89. The van der Waals surface area contributed by atoms with Gasteiger partial charge in [-0.1, -0.05) is 0 Å². The van der Waals surface area contributed by atoms with E-state index >= 15 is 0 Å². The summed E-state index contributed by atoms with van der Waals surface area (Å²) in [6, 6.07) is 2.05. The van der Waals surface area contributed by atoms with Crippen molar-refractivity contribution in [2.24, 2.45) is 7.05 Å². The normalized spacial score (nSPS) is 31.5. The smallest absolute Gasteiger partial charge is 0.274 e. The molecule has 0 bridgehead atoms. The summed E-state index contributed by atoms with van der Waals surface area (Å²) in [6.07, 6.45) is 4.56. The van der Waals surface area contributed by atoms with Crippen molar-refractivity contribution in [2.75, 3.05) is 39.4 Å². The summed E-state index contributed by atoms with van der Waals surface area (Å²) in [5, 5.41) is 4.23. The van der Waals surface area contributed by atoms with Crippen LogP contribution < -0.4 is 0 Å². The van der Waals surface area contributed by atoms with Crippen LogP contribution in [0.4, 0.5) is 0 Å². The van der Waals surface area contributed by atoms with Crippen LogP contribution in [0, 0.1) is 0 Å². The van der Waals surface area contributed by atoms with Gasteiger partial charge in [0.2, 0.25) is 0 Å². The lowest BCUT2D eigenvalue weighted by Crippen LogP contribution is -2.52. The first-order chi connectivity index (χ1) is 11.2. The highest BCUT2D eigenvalue weighted by molar-refractivity contribution is 5.92. The molecule has 23 heavy (non-hydrogen) atoms. The molecule has 1 aromatic rings. The number of hydrogen-bond donors (Lipinski definition) is 0. The van der Waals surface area contributed by atoms with Gasteiger partial charge in [0.15, 0.2) is 0 Å². The maximum absolute atomic E-state index is 12.6. The molecule has 0 radical (unpaired) electrons. The predicted octanol–water partition coefficient (Wildman–Crippen LogP) is 0.124. The van der Waals surface area contributed by atoms with E-state index in [-0.39, 0.29) is 18.1 Å². The van der Waals surface area contributed by atoms with Crippen molar-refractivity contribution in [1.29, 1.82) is 0 Å². The fraction of sp³-hybridized carbons (Fsp3) is 0.750. The Bertz CT molecular complexity index is 569. The van der Waals surface area contributed by atoms with Crippen molar-refractivity contribution in [3.63, 3.8) is 0 Å². The zero-order chi connectivity index (χ0) is 15.8. The Morgan fingerprint density at radius 3 is 3.00 bits per heavy atom. The maximum Gasteiger partial charge on any atom is 0.274 e. The number of carbonyl (C=O) groups excluding carboxylic acids is 1. The van der Waals surface area contributed by atoms with Gasteiger partial charge in [0.25, 0.3) is 5.91 Å². The summed E-state index contributed by atoms with van der Waals surface area (Å²) in [6.45, 7) is 4.87. The van der Waals surface area contributed by atoms with E-state index in [4.69, 9.17) is 9.47 Å². The van der Waals surface area contributed by atoms with Crippen LogP contribution in [0.3, 0.4) is 0 Å². The van der Waals surface area contributed by atoms with E-state index in [1.807, 2.05) is 11.9 Å². The molecule has 1 amide bonds. The van der Waals surface area contributed by atoms with E-state index in [0.717, 1.165) is 39.1 Å². The molecule has 0 N–H and O–H groups in total. The number of nitrogens with zero attached hydrogens (tertiary/aromatic N) is 4. The number of hydrogen-bond acceptors (Lipinski definition) is 5. The lowest BCUT2D eigenvalue weighted by atomic mass is 10.1. The van der Waals surface area contributed by atoms with Gasteiger partial charge in [-0.05, 0) is 18.9 Å². The van der Waals surface area contributed by atoms with E-state index in [1.165, 1.54) is 0 Å². The molecular weight excluding hydrogens is 296 g/mol. The van der Waals surface area contributed by atoms with E-state index in [0.29, 0.717) is 24.9 Å². The molecule has 3 fully saturated rings. The predicted molar refractivity (Wildman–Crippen MR) is 83.2 cm³/mol. The molecule has 0 aromatic carbocycles. The van der Waals surface area contributed by atoms with Crippen LogP contribution in [0.25, 0.3) is 0 Å². The number of likely N-dealkylation sites (tertiary alicyclic amines) is 1. The van der Waals surface area contributed by atoms with Gasteiger partial charge < -0.3 is 14.4 Å². The van der Waals surface area contributed by atoms with Crippen LogP contribution >= 0.6 is 0 Å². The van der Waals surface area contributed by atoms with Gasteiger partial charge in [-0.3, -0.25) is 14.4 Å². The molecule has 0 saturated carbocycles. The largest absolute Gasteiger partial charge is 0.377 e. The molecule has 3 aliphatic heterocycles. The maximum atomic E-state index is 12.6. The Labute approximate surface area is 136 Å². The zero-order valence-corrected chi connectivity index (χ0v) is 13.6. The number of morpholine rings is 1. The van der Waals surface area contributed by atoms with Crippen LogP contribution in [0.2, 0.25) is 0 Å². The average Bonchev–Trinajstić information content (AvgIpc) is 3.26. The lowest BCUT2D eigenvalue weighted by molar-refractivity contribution is -0.0614. The van der Waals surface area contributed by atoms with Crippen LogP contribution in [-0.2, 0) is 16.5 Å². The summed E-state index contributed by atoms with van der Waals surface area (Å²) in [7, 11) is 1.83. The molecule has 7 nitrogen and oxygen atoms in total. The molecular formula is C16H24N4O3. The van der Waals surface area contributed by atoms with Gasteiger partial charge >= 0.3 is 0 Å². The molecule has 0 spiro atoms. The second-order valence-corrected chi connectivity index (χ2v) is 6.69. The molecule has 7 heteroatoms. The number of ether oxygens (including phenoxy) is 2. The lowest BCUT2D eigenvalue weighted by Gasteiger charge is -2.37. The highest BCUT2D eigenvalue weighted by atomic mass is 16.5. The number of aromatic nitrogens is 2. The quantitative estimate of drug-likeness (QED) is 0.792. The highest BCUT2D eigenvalue weighted by Gasteiger charge is 2.43. The van der Waals surface area contributed by atoms with Gasteiger partial charge in [-0.15, -0.1) is 0 Å². The monoisotopic (exact) mass is 320 g/mol. The van der Waals surface area contributed by atoms with Crippen molar-refractivity contribution in [1.82, 2.24) is 19.6 Å². The second kappa shape index (κ2) is 6.22. The minimum absolute atomic E-state index is 0.000617. The van der Waals surface area contributed by atoms with Crippen LogP contribution in [-0.4, -0.2) is 83.1 Å². The van der Waals surface area contributed by atoms with Crippen LogP contribution in [0.1, 0.15) is 23.3 Å². The summed E-state index contributed by atoms with van der Waals surface area (Å²) in [5.41, 5.74) is 0.511. The Morgan fingerprint density at radius 2 is 2.26 bits per heavy atom. The number of aryl methyl sites for hydroxylation is 1. The van der Waals surface area contributed by atoms with Gasteiger partial charge in [-0.2, -0.15) is 5.10 Å². The van der Waals surface area contributed by atoms with Gasteiger partial charge in [0, 0.05) is 46.0 Å². The van der Waals surface area contributed by atoms with Gasteiger partial charge in [0.1, 0.15) is 5.69 Å². The van der Waals surface area contributed by atoms with E-state index < -0.39 is 0 Å². The zero-order valence-electron chi connectivity index (χ0n) is 13.6. The van der Waals surface area contributed by atoms with Gasteiger partial charge in [0.05, 0.1) is 24.9 Å². The molecule has 4 rings (SSSR count). The van der Waals surface area contributed by atoms with Crippen LogP contribution in [0.15, 0.2) is 12.3 Å². The third-order valence-electron chi connectivity index (χ3n) is 5.10. The third kappa shape index (κ3) is 3.00. The minimum atomic E-state index is 0.000617. The molecule has 4 heterocycles. The molecule has 0 aliphatic carbocycles. The summed E-state index contributed by atoms with van der Waals surface area (Å²) >= 11 is 0. The summed E-state index contributed by atoms with van der Waals surface area (Å²) in [5.74, 6) is 0.000617. The van der Waals surface area contributed by atoms with E-state index in [2.05, 4.69) is 10.00 Å². The Kier molecular flexibility index (Phi) is 4.09. The molecule has 3 aliphatic rings. The summed E-state index contributed by atoms with van der Waals surface area (Å²) < 4.78 is 13.4.